The Hall–Kier alpha value is -0.0600. The van der Waals surface area contributed by atoms with Crippen molar-refractivity contribution in [3.63, 3.8) is 0 Å². The van der Waals surface area contributed by atoms with Crippen molar-refractivity contribution in [1.82, 2.24) is 0 Å². The monoisotopic (exact) mass is 282 g/mol. The maximum absolute atomic E-state index is 11.1. The van der Waals surface area contributed by atoms with E-state index in [4.69, 9.17) is 11.6 Å². The summed E-state index contributed by atoms with van der Waals surface area (Å²) in [5, 5.41) is 0. The highest BCUT2D eigenvalue weighted by Gasteiger charge is 2.18. The van der Waals surface area contributed by atoms with Crippen LogP contribution in [0.25, 0.3) is 0 Å². The average Bonchev–Trinajstić information content (AvgIpc) is 2.03. The second-order valence-corrected chi connectivity index (χ2v) is 6.44. The van der Waals surface area contributed by atoms with E-state index in [0.29, 0.717) is 5.56 Å². The number of halogens is 2. The first-order valence-corrected chi connectivity index (χ1v) is 6.68. The third-order valence-electron chi connectivity index (χ3n) is 1.51. The Labute approximate surface area is 91.0 Å². The van der Waals surface area contributed by atoms with Gasteiger partial charge < -0.3 is 0 Å². The number of hydrogen-bond donors (Lipinski definition) is 0. The summed E-state index contributed by atoms with van der Waals surface area (Å²) in [6.45, 7) is 0. The van der Waals surface area contributed by atoms with Crippen molar-refractivity contribution < 1.29 is 8.42 Å². The molecule has 0 saturated heterocycles. The van der Waals surface area contributed by atoms with Crippen LogP contribution in [0.2, 0.25) is 0 Å². The Kier molecular flexibility index (Phi) is 3.38. The first kappa shape index (κ1) is 11.0. The number of sulfone groups is 1. The minimum atomic E-state index is -3.22. The van der Waals surface area contributed by atoms with Gasteiger partial charge in [-0.25, -0.2) is 8.42 Å². The summed E-state index contributed by atoms with van der Waals surface area (Å²) >= 11 is 8.98. The molecule has 0 fully saturated rings. The number of alkyl halides is 1. The van der Waals surface area contributed by atoms with Crippen molar-refractivity contribution in [3.05, 3.63) is 34.3 Å². The first-order chi connectivity index (χ1) is 5.91. The van der Waals surface area contributed by atoms with Gasteiger partial charge in [-0.2, -0.15) is 0 Å². The molecule has 2 nitrogen and oxygen atoms in total. The zero-order valence-corrected chi connectivity index (χ0v) is 10.0. The van der Waals surface area contributed by atoms with E-state index < -0.39 is 14.5 Å². The van der Waals surface area contributed by atoms with Gasteiger partial charge in [0.05, 0.1) is 0 Å². The predicted molar refractivity (Wildman–Crippen MR) is 57.6 cm³/mol. The van der Waals surface area contributed by atoms with Crippen molar-refractivity contribution in [1.29, 1.82) is 0 Å². The summed E-state index contributed by atoms with van der Waals surface area (Å²) < 4.78 is 22.1. The van der Waals surface area contributed by atoms with Crippen molar-refractivity contribution in [2.45, 2.75) is 4.71 Å². The lowest BCUT2D eigenvalue weighted by atomic mass is 10.2. The molecule has 72 valence electrons. The number of benzene rings is 1. The molecule has 0 aliphatic rings. The normalized spacial score (nSPS) is 14.1. The highest BCUT2D eigenvalue weighted by atomic mass is 79.9. The van der Waals surface area contributed by atoms with E-state index in [1.165, 1.54) is 0 Å². The fourth-order valence-electron chi connectivity index (χ4n) is 0.861. The van der Waals surface area contributed by atoms with E-state index >= 15 is 0 Å². The maximum Gasteiger partial charge on any atom is 0.168 e. The smallest absolute Gasteiger partial charge is 0.168 e. The molecule has 1 atom stereocenters. The molecule has 1 unspecified atom stereocenters. The van der Waals surface area contributed by atoms with Crippen LogP contribution in [-0.2, 0) is 9.84 Å². The molecule has 0 saturated carbocycles. The lowest BCUT2D eigenvalue weighted by Crippen LogP contribution is -2.04. The average molecular weight is 284 g/mol. The Bertz CT molecular complexity index is 385. The van der Waals surface area contributed by atoms with Crippen molar-refractivity contribution in [2.24, 2.45) is 0 Å². The summed E-state index contributed by atoms with van der Waals surface area (Å²) in [4.78, 5) is 0. The summed E-state index contributed by atoms with van der Waals surface area (Å²) in [5.41, 5.74) is 0.590. The van der Waals surface area contributed by atoms with Crippen molar-refractivity contribution in [2.75, 3.05) is 6.26 Å². The second kappa shape index (κ2) is 3.98. The zero-order chi connectivity index (χ0) is 10.1. The Morgan fingerprint density at radius 3 is 2.15 bits per heavy atom. The van der Waals surface area contributed by atoms with Crippen LogP contribution in [0.15, 0.2) is 28.7 Å². The van der Waals surface area contributed by atoms with Crippen LogP contribution in [0.1, 0.15) is 10.3 Å². The molecule has 1 aromatic carbocycles. The van der Waals surface area contributed by atoms with Gasteiger partial charge in [-0.15, -0.1) is 11.6 Å². The van der Waals surface area contributed by atoms with Gasteiger partial charge in [-0.05, 0) is 17.7 Å². The fourth-order valence-corrected chi connectivity index (χ4v) is 1.92. The predicted octanol–water partition coefficient (Wildman–Crippen LogP) is 2.73. The number of hydrogen-bond acceptors (Lipinski definition) is 2. The molecule has 0 bridgehead atoms. The number of rotatable bonds is 2. The molecule has 13 heavy (non-hydrogen) atoms. The maximum atomic E-state index is 11.1. The molecule has 5 heteroatoms. The van der Waals surface area contributed by atoms with Crippen LogP contribution >= 0.6 is 27.5 Å². The van der Waals surface area contributed by atoms with E-state index in [1.807, 2.05) is 0 Å². The van der Waals surface area contributed by atoms with Gasteiger partial charge in [0, 0.05) is 10.7 Å². The van der Waals surface area contributed by atoms with Crippen LogP contribution in [-0.4, -0.2) is 14.7 Å². The van der Waals surface area contributed by atoms with E-state index in [2.05, 4.69) is 15.9 Å². The minimum absolute atomic E-state index is 0.590. The summed E-state index contributed by atoms with van der Waals surface area (Å²) in [6, 6.07) is 6.89. The van der Waals surface area contributed by atoms with Gasteiger partial charge in [-0.3, -0.25) is 0 Å². The first-order valence-electron chi connectivity index (χ1n) is 3.49. The Balaban J connectivity index is 3.04. The van der Waals surface area contributed by atoms with Crippen LogP contribution < -0.4 is 0 Å². The molecule has 0 amide bonds. The topological polar surface area (TPSA) is 34.1 Å². The zero-order valence-electron chi connectivity index (χ0n) is 6.87. The highest BCUT2D eigenvalue weighted by molar-refractivity contribution is 9.10. The standard InChI is InChI=1S/C8H8BrClO2S/c1-13(11,12)8(10)6-2-4-7(9)5-3-6/h2-5,8H,1H3. The molecular weight excluding hydrogens is 276 g/mol. The van der Waals surface area contributed by atoms with Crippen molar-refractivity contribution >= 4 is 37.4 Å². The lowest BCUT2D eigenvalue weighted by Gasteiger charge is -2.06. The molecule has 1 rings (SSSR count). The molecule has 0 aliphatic carbocycles. The summed E-state index contributed by atoms with van der Waals surface area (Å²) in [5.74, 6) is 0. The molecule has 0 spiro atoms. The van der Waals surface area contributed by atoms with Gasteiger partial charge in [0.2, 0.25) is 0 Å². The molecule has 0 radical (unpaired) electrons. The van der Waals surface area contributed by atoms with Gasteiger partial charge in [-0.1, -0.05) is 28.1 Å². The molecule has 0 N–H and O–H groups in total. The van der Waals surface area contributed by atoms with Gasteiger partial charge in [0.15, 0.2) is 14.5 Å². The molecule has 0 heterocycles. The van der Waals surface area contributed by atoms with Crippen LogP contribution in [0.5, 0.6) is 0 Å². The van der Waals surface area contributed by atoms with Gasteiger partial charge in [0.25, 0.3) is 0 Å². The molecule has 0 aliphatic heterocycles. The van der Waals surface area contributed by atoms with Crippen LogP contribution in [0.3, 0.4) is 0 Å². The third kappa shape index (κ3) is 2.97. The van der Waals surface area contributed by atoms with Gasteiger partial charge in [0.1, 0.15) is 0 Å². The lowest BCUT2D eigenvalue weighted by molar-refractivity contribution is 0.599. The Morgan fingerprint density at radius 2 is 1.77 bits per heavy atom. The molecular formula is C8H8BrClO2S. The minimum Gasteiger partial charge on any atom is -0.227 e. The van der Waals surface area contributed by atoms with Crippen molar-refractivity contribution in [3.8, 4) is 0 Å². The Morgan fingerprint density at radius 1 is 1.31 bits per heavy atom. The van der Waals surface area contributed by atoms with Crippen LogP contribution in [0.4, 0.5) is 0 Å². The molecule has 1 aromatic rings. The fraction of sp³-hybridized carbons (Fsp3) is 0.250. The van der Waals surface area contributed by atoms with E-state index in [1.54, 1.807) is 24.3 Å². The van der Waals surface area contributed by atoms with Crippen LogP contribution in [0, 0.1) is 0 Å². The molecule has 0 aromatic heterocycles. The summed E-state index contributed by atoms with van der Waals surface area (Å²) in [6.07, 6.45) is 1.12. The van der Waals surface area contributed by atoms with E-state index in [-0.39, 0.29) is 0 Å². The van der Waals surface area contributed by atoms with E-state index in [0.717, 1.165) is 10.7 Å². The highest BCUT2D eigenvalue weighted by Crippen LogP contribution is 2.26. The second-order valence-electron chi connectivity index (χ2n) is 2.70. The quantitative estimate of drug-likeness (QED) is 0.782. The van der Waals surface area contributed by atoms with E-state index in [9.17, 15) is 8.42 Å². The largest absolute Gasteiger partial charge is 0.227 e. The van der Waals surface area contributed by atoms with Gasteiger partial charge >= 0.3 is 0 Å². The SMILES string of the molecule is CS(=O)(=O)C(Cl)c1ccc(Br)cc1. The third-order valence-corrected chi connectivity index (χ3v) is 4.28. The summed E-state index contributed by atoms with van der Waals surface area (Å²) in [7, 11) is -3.22.